The Morgan fingerprint density at radius 1 is 1.12 bits per heavy atom. The molecule has 1 aromatic heterocycles. The highest BCUT2D eigenvalue weighted by molar-refractivity contribution is 7.95. The number of halogens is 1. The first-order valence-electron chi connectivity index (χ1n) is 7.23. The van der Waals surface area contributed by atoms with Gasteiger partial charge >= 0.3 is 0 Å². The zero-order chi connectivity index (χ0) is 17.9. The highest BCUT2D eigenvalue weighted by atomic mass is 35.5. The monoisotopic (exact) mass is 369 g/mol. The number of aromatic amines is 1. The minimum atomic E-state index is -3.94. The lowest BCUT2D eigenvalue weighted by molar-refractivity contribution is 0.603. The normalized spacial score (nSPS) is 11.9. The molecule has 5 nitrogen and oxygen atoms in total. The Hall–Kier alpha value is -2.88. The molecule has 2 aromatic carbocycles. The Labute approximate surface area is 150 Å². The summed E-state index contributed by atoms with van der Waals surface area (Å²) in [5.74, 6) is 0. The van der Waals surface area contributed by atoms with Crippen molar-refractivity contribution < 1.29 is 8.42 Å². The van der Waals surface area contributed by atoms with E-state index in [0.29, 0.717) is 16.3 Å². The van der Waals surface area contributed by atoms with Crippen LogP contribution in [-0.4, -0.2) is 18.6 Å². The fourth-order valence-corrected chi connectivity index (χ4v) is 3.57. The molecule has 7 heteroatoms. The second-order valence-corrected chi connectivity index (χ2v) is 7.50. The first-order valence-corrected chi connectivity index (χ1v) is 9.10. The van der Waals surface area contributed by atoms with E-state index in [4.69, 9.17) is 11.6 Å². The van der Waals surface area contributed by atoms with Crippen LogP contribution in [0.4, 0.5) is 0 Å². The minimum absolute atomic E-state index is 0.00876. The van der Waals surface area contributed by atoms with Crippen molar-refractivity contribution in [3.63, 3.8) is 0 Å². The molecule has 0 unspecified atom stereocenters. The number of benzene rings is 2. The minimum Gasteiger partial charge on any atom is -0.277 e. The number of H-pyrrole nitrogens is 1. The number of hydrogen-bond donors (Lipinski definition) is 1. The van der Waals surface area contributed by atoms with Crippen molar-refractivity contribution >= 4 is 27.5 Å². The summed E-state index contributed by atoms with van der Waals surface area (Å²) < 4.78 is 25.4. The second kappa shape index (κ2) is 6.93. The smallest absolute Gasteiger partial charge is 0.216 e. The molecule has 25 heavy (non-hydrogen) atoms. The quantitative estimate of drug-likeness (QED) is 0.702. The molecule has 3 aromatic rings. The van der Waals surface area contributed by atoms with Crippen LogP contribution in [0, 0.1) is 11.3 Å². The molecular weight excluding hydrogens is 358 g/mol. The van der Waals surface area contributed by atoms with Gasteiger partial charge in [-0.3, -0.25) is 5.10 Å². The fourth-order valence-electron chi connectivity index (χ4n) is 2.29. The van der Waals surface area contributed by atoms with E-state index in [-0.39, 0.29) is 9.80 Å². The van der Waals surface area contributed by atoms with Gasteiger partial charge in [-0.15, -0.1) is 0 Å². The topological polar surface area (TPSA) is 86.6 Å². The number of allylic oxidation sites excluding steroid dienone is 1. The van der Waals surface area contributed by atoms with Crippen molar-refractivity contribution in [1.82, 2.24) is 10.2 Å². The molecule has 0 radical (unpaired) electrons. The first kappa shape index (κ1) is 17.0. The molecule has 0 spiro atoms. The third-order valence-electron chi connectivity index (χ3n) is 3.54. The Bertz CT molecular complexity index is 1060. The predicted molar refractivity (Wildman–Crippen MR) is 96.3 cm³/mol. The lowest BCUT2D eigenvalue weighted by atomic mass is 10.1. The number of aromatic nitrogens is 2. The van der Waals surface area contributed by atoms with E-state index in [1.54, 1.807) is 6.07 Å². The van der Waals surface area contributed by atoms with Crippen LogP contribution in [0.15, 0.2) is 70.6 Å². The molecule has 1 N–H and O–H groups in total. The van der Waals surface area contributed by atoms with E-state index in [2.05, 4.69) is 10.2 Å². The van der Waals surface area contributed by atoms with Crippen molar-refractivity contribution in [2.24, 2.45) is 0 Å². The maximum atomic E-state index is 12.7. The zero-order valence-corrected chi connectivity index (χ0v) is 14.4. The van der Waals surface area contributed by atoms with Crippen molar-refractivity contribution in [1.29, 1.82) is 5.26 Å². The average molecular weight is 370 g/mol. The molecule has 1 heterocycles. The molecule has 0 saturated carbocycles. The van der Waals surface area contributed by atoms with Gasteiger partial charge in [0, 0.05) is 16.1 Å². The van der Waals surface area contributed by atoms with Crippen molar-refractivity contribution in [2.75, 3.05) is 0 Å². The molecular formula is C18H12ClN3O2S. The standard InChI is InChI=1S/C18H12ClN3O2S/c19-15-6-8-16(9-7-15)25(23,24)17(11-20)10-14-12-21-22-18(14)13-4-2-1-3-5-13/h1-10,12H,(H,21,22)/b17-10-. The number of hydrogen-bond acceptors (Lipinski definition) is 4. The summed E-state index contributed by atoms with van der Waals surface area (Å²) >= 11 is 5.79. The van der Waals surface area contributed by atoms with Gasteiger partial charge in [-0.05, 0) is 30.3 Å². The summed E-state index contributed by atoms with van der Waals surface area (Å²) in [5, 5.41) is 16.6. The Kier molecular flexibility index (Phi) is 4.70. The number of rotatable bonds is 4. The molecule has 124 valence electrons. The van der Waals surface area contributed by atoms with E-state index >= 15 is 0 Å². The SMILES string of the molecule is N#C/C(=C/c1cn[nH]c1-c1ccccc1)S(=O)(=O)c1ccc(Cl)cc1. The van der Waals surface area contributed by atoms with Gasteiger partial charge in [0.25, 0.3) is 0 Å². The molecule has 0 bridgehead atoms. The Morgan fingerprint density at radius 2 is 1.80 bits per heavy atom. The number of sulfone groups is 1. The van der Waals surface area contributed by atoms with E-state index in [1.165, 1.54) is 36.5 Å². The molecule has 0 fully saturated rings. The first-order chi connectivity index (χ1) is 12.0. The van der Waals surface area contributed by atoms with Crippen molar-refractivity contribution in [3.8, 4) is 17.3 Å². The van der Waals surface area contributed by atoms with E-state index < -0.39 is 9.84 Å². The van der Waals surface area contributed by atoms with Crippen LogP contribution in [-0.2, 0) is 9.84 Å². The summed E-state index contributed by atoms with van der Waals surface area (Å²) in [7, 11) is -3.94. The van der Waals surface area contributed by atoms with Gasteiger partial charge in [0.15, 0.2) is 0 Å². The Morgan fingerprint density at radius 3 is 2.44 bits per heavy atom. The third kappa shape index (κ3) is 3.48. The lowest BCUT2D eigenvalue weighted by Crippen LogP contribution is -2.03. The number of nitrogens with zero attached hydrogens (tertiary/aromatic N) is 2. The summed E-state index contributed by atoms with van der Waals surface area (Å²) in [6, 6.07) is 16.8. The van der Waals surface area contributed by atoms with Crippen LogP contribution < -0.4 is 0 Å². The van der Waals surface area contributed by atoms with E-state index in [9.17, 15) is 13.7 Å². The second-order valence-electron chi connectivity index (χ2n) is 5.14. The molecule has 0 aliphatic rings. The van der Waals surface area contributed by atoms with Gasteiger partial charge in [-0.25, -0.2) is 8.42 Å². The van der Waals surface area contributed by atoms with Crippen LogP contribution in [0.5, 0.6) is 0 Å². The van der Waals surface area contributed by atoms with Crippen LogP contribution in [0.25, 0.3) is 17.3 Å². The molecule has 0 saturated heterocycles. The maximum absolute atomic E-state index is 12.7. The molecule has 0 aliphatic carbocycles. The van der Waals surface area contributed by atoms with Crippen molar-refractivity contribution in [2.45, 2.75) is 4.90 Å². The highest BCUT2D eigenvalue weighted by Crippen LogP contribution is 2.26. The van der Waals surface area contributed by atoms with Crippen LogP contribution in [0.1, 0.15) is 5.56 Å². The van der Waals surface area contributed by atoms with Gasteiger partial charge < -0.3 is 0 Å². The lowest BCUT2D eigenvalue weighted by Gasteiger charge is -2.04. The van der Waals surface area contributed by atoms with Gasteiger partial charge in [-0.1, -0.05) is 41.9 Å². The van der Waals surface area contributed by atoms with E-state index in [1.807, 2.05) is 30.3 Å². The van der Waals surface area contributed by atoms with Crippen LogP contribution in [0.3, 0.4) is 0 Å². The third-order valence-corrected chi connectivity index (χ3v) is 5.47. The van der Waals surface area contributed by atoms with Gasteiger partial charge in [-0.2, -0.15) is 10.4 Å². The highest BCUT2D eigenvalue weighted by Gasteiger charge is 2.21. The van der Waals surface area contributed by atoms with Crippen molar-refractivity contribution in [3.05, 3.63) is 76.3 Å². The molecule has 3 rings (SSSR count). The van der Waals surface area contributed by atoms with Crippen LogP contribution in [0.2, 0.25) is 5.02 Å². The largest absolute Gasteiger partial charge is 0.277 e. The zero-order valence-electron chi connectivity index (χ0n) is 12.8. The predicted octanol–water partition coefficient (Wildman–Crippen LogP) is 4.07. The summed E-state index contributed by atoms with van der Waals surface area (Å²) in [5.41, 5.74) is 1.99. The molecule has 0 atom stereocenters. The summed E-state index contributed by atoms with van der Waals surface area (Å²) in [4.78, 5) is -0.358. The molecule has 0 aliphatic heterocycles. The fraction of sp³-hybridized carbons (Fsp3) is 0. The number of nitrogens with one attached hydrogen (secondary N) is 1. The molecule has 0 amide bonds. The number of nitriles is 1. The summed E-state index contributed by atoms with van der Waals surface area (Å²) in [6.45, 7) is 0. The van der Waals surface area contributed by atoms with Gasteiger partial charge in [0.1, 0.15) is 11.0 Å². The van der Waals surface area contributed by atoms with E-state index in [0.717, 1.165) is 5.56 Å². The maximum Gasteiger partial charge on any atom is 0.216 e. The van der Waals surface area contributed by atoms with Gasteiger partial charge in [0.05, 0.1) is 16.8 Å². The van der Waals surface area contributed by atoms with Gasteiger partial charge in [0.2, 0.25) is 9.84 Å². The summed E-state index contributed by atoms with van der Waals surface area (Å²) in [6.07, 6.45) is 2.80. The Balaban J connectivity index is 2.07. The average Bonchev–Trinajstić information content (AvgIpc) is 3.09. The van der Waals surface area contributed by atoms with Crippen LogP contribution >= 0.6 is 11.6 Å².